The average Bonchev–Trinajstić information content (AvgIpc) is 3.00. The van der Waals surface area contributed by atoms with Crippen LogP contribution in [0.3, 0.4) is 0 Å². The standard InChI is InChI=1S/C20H30N4O3/c1-5-21-20(23-12-19-24-14(2)15(3)27-19)22-11-18(25)13-26-16(4)17-9-7-6-8-10-17/h6-10,16,18,25H,5,11-13H2,1-4H3,(H2,21,22,23). The monoisotopic (exact) mass is 374 g/mol. The maximum Gasteiger partial charge on any atom is 0.216 e. The largest absolute Gasteiger partial charge is 0.444 e. The number of hydrogen-bond acceptors (Lipinski definition) is 5. The highest BCUT2D eigenvalue weighted by Gasteiger charge is 2.11. The van der Waals surface area contributed by atoms with E-state index in [0.717, 1.165) is 17.0 Å². The summed E-state index contributed by atoms with van der Waals surface area (Å²) < 4.78 is 11.3. The number of hydrogen-bond donors (Lipinski definition) is 3. The Labute approximate surface area is 160 Å². The van der Waals surface area contributed by atoms with Crippen molar-refractivity contribution < 1.29 is 14.3 Å². The van der Waals surface area contributed by atoms with Gasteiger partial charge in [-0.2, -0.15) is 0 Å². The highest BCUT2D eigenvalue weighted by molar-refractivity contribution is 5.79. The minimum Gasteiger partial charge on any atom is -0.444 e. The molecule has 0 bridgehead atoms. The first-order valence-electron chi connectivity index (χ1n) is 9.29. The highest BCUT2D eigenvalue weighted by atomic mass is 16.5. The second kappa shape index (κ2) is 10.7. The molecule has 0 aliphatic heterocycles. The zero-order valence-corrected chi connectivity index (χ0v) is 16.5. The van der Waals surface area contributed by atoms with Gasteiger partial charge in [-0.1, -0.05) is 30.3 Å². The van der Waals surface area contributed by atoms with E-state index < -0.39 is 6.10 Å². The van der Waals surface area contributed by atoms with Crippen LogP contribution < -0.4 is 10.6 Å². The molecule has 2 rings (SSSR count). The molecular formula is C20H30N4O3. The Hall–Kier alpha value is -2.38. The summed E-state index contributed by atoms with van der Waals surface area (Å²) in [6.07, 6.45) is -0.717. The van der Waals surface area contributed by atoms with Gasteiger partial charge in [0.2, 0.25) is 5.89 Å². The summed E-state index contributed by atoms with van der Waals surface area (Å²) in [5.41, 5.74) is 1.96. The molecule has 3 N–H and O–H groups in total. The average molecular weight is 374 g/mol. The molecule has 2 aromatic rings. The van der Waals surface area contributed by atoms with Crippen molar-refractivity contribution in [3.63, 3.8) is 0 Å². The first-order valence-corrected chi connectivity index (χ1v) is 9.29. The molecule has 0 aliphatic rings. The van der Waals surface area contributed by atoms with Crippen LogP contribution >= 0.6 is 0 Å². The van der Waals surface area contributed by atoms with Gasteiger partial charge in [-0.25, -0.2) is 9.98 Å². The van der Waals surface area contributed by atoms with Crippen molar-refractivity contribution >= 4 is 5.96 Å². The Bertz CT molecular complexity index is 696. The molecule has 0 aliphatic carbocycles. The zero-order valence-electron chi connectivity index (χ0n) is 16.5. The van der Waals surface area contributed by atoms with E-state index in [1.54, 1.807) is 0 Å². The summed E-state index contributed by atoms with van der Waals surface area (Å²) >= 11 is 0. The minimum absolute atomic E-state index is 0.0701. The number of ether oxygens (including phenoxy) is 1. The van der Waals surface area contributed by atoms with Crippen LogP contribution in [0.4, 0.5) is 0 Å². The lowest BCUT2D eigenvalue weighted by Gasteiger charge is -2.18. The fraction of sp³-hybridized carbons (Fsp3) is 0.500. The number of aryl methyl sites for hydroxylation is 2. The van der Waals surface area contributed by atoms with Crippen LogP contribution in [0, 0.1) is 13.8 Å². The first kappa shape index (κ1) is 20.9. The van der Waals surface area contributed by atoms with E-state index in [2.05, 4.69) is 20.6 Å². The van der Waals surface area contributed by atoms with E-state index >= 15 is 0 Å². The number of aliphatic hydroxyl groups excluding tert-OH is 1. The molecule has 2 atom stereocenters. The normalized spacial score (nSPS) is 14.0. The van der Waals surface area contributed by atoms with Crippen molar-refractivity contribution in [2.75, 3.05) is 19.7 Å². The maximum absolute atomic E-state index is 10.2. The fourth-order valence-corrected chi connectivity index (χ4v) is 2.44. The molecule has 2 unspecified atom stereocenters. The molecule has 0 saturated carbocycles. The van der Waals surface area contributed by atoms with E-state index in [9.17, 15) is 5.11 Å². The van der Waals surface area contributed by atoms with Crippen molar-refractivity contribution in [2.24, 2.45) is 4.99 Å². The maximum atomic E-state index is 10.2. The number of aliphatic imine (C=N–C) groups is 1. The van der Waals surface area contributed by atoms with Crippen molar-refractivity contribution in [3.05, 3.63) is 53.2 Å². The molecule has 0 radical (unpaired) electrons. The Balaban J connectivity index is 1.79. The van der Waals surface area contributed by atoms with Gasteiger partial charge < -0.3 is 24.9 Å². The molecular weight excluding hydrogens is 344 g/mol. The number of guanidine groups is 1. The Morgan fingerprint density at radius 3 is 2.63 bits per heavy atom. The quantitative estimate of drug-likeness (QED) is 0.461. The van der Waals surface area contributed by atoms with Gasteiger partial charge in [0, 0.05) is 13.1 Å². The number of rotatable bonds is 9. The van der Waals surface area contributed by atoms with Crippen LogP contribution in [0.15, 0.2) is 39.7 Å². The molecule has 1 heterocycles. The SMILES string of the molecule is CCNC(=NCc1nc(C)c(C)o1)NCC(O)COC(C)c1ccccc1. The predicted octanol–water partition coefficient (Wildman–Crippen LogP) is 2.49. The van der Waals surface area contributed by atoms with E-state index in [1.165, 1.54) is 0 Å². The van der Waals surface area contributed by atoms with Gasteiger partial charge in [-0.05, 0) is 33.3 Å². The van der Waals surface area contributed by atoms with Gasteiger partial charge in [-0.3, -0.25) is 0 Å². The molecule has 1 aromatic carbocycles. The van der Waals surface area contributed by atoms with Gasteiger partial charge in [0.05, 0.1) is 24.5 Å². The van der Waals surface area contributed by atoms with Crippen LogP contribution in [-0.2, 0) is 11.3 Å². The smallest absolute Gasteiger partial charge is 0.216 e. The molecule has 0 spiro atoms. The van der Waals surface area contributed by atoms with Crippen molar-refractivity contribution in [3.8, 4) is 0 Å². The van der Waals surface area contributed by atoms with Gasteiger partial charge in [0.15, 0.2) is 5.96 Å². The molecule has 0 saturated heterocycles. The number of aliphatic hydroxyl groups is 1. The van der Waals surface area contributed by atoms with E-state index in [1.807, 2.05) is 58.0 Å². The lowest BCUT2D eigenvalue weighted by Crippen LogP contribution is -2.42. The number of nitrogens with zero attached hydrogens (tertiary/aromatic N) is 2. The number of benzene rings is 1. The van der Waals surface area contributed by atoms with Crippen LogP contribution in [0.1, 0.15) is 42.9 Å². The highest BCUT2D eigenvalue weighted by Crippen LogP contribution is 2.15. The first-order chi connectivity index (χ1) is 13.0. The number of aromatic nitrogens is 1. The van der Waals surface area contributed by atoms with Gasteiger partial charge >= 0.3 is 0 Å². The van der Waals surface area contributed by atoms with E-state index in [4.69, 9.17) is 9.15 Å². The second-order valence-electron chi connectivity index (χ2n) is 6.37. The predicted molar refractivity (Wildman–Crippen MR) is 106 cm³/mol. The molecule has 27 heavy (non-hydrogen) atoms. The Morgan fingerprint density at radius 2 is 2.00 bits per heavy atom. The summed E-state index contributed by atoms with van der Waals surface area (Å²) in [5.74, 6) is 1.97. The van der Waals surface area contributed by atoms with Crippen molar-refractivity contribution in [1.29, 1.82) is 0 Å². The second-order valence-corrected chi connectivity index (χ2v) is 6.37. The minimum atomic E-state index is -0.647. The Kier molecular flexibility index (Phi) is 8.29. The van der Waals surface area contributed by atoms with Crippen LogP contribution in [0.5, 0.6) is 0 Å². The molecule has 7 nitrogen and oxygen atoms in total. The third kappa shape index (κ3) is 7.03. The molecule has 1 aromatic heterocycles. The van der Waals surface area contributed by atoms with Crippen LogP contribution in [0.2, 0.25) is 0 Å². The Morgan fingerprint density at radius 1 is 1.26 bits per heavy atom. The van der Waals surface area contributed by atoms with E-state index in [0.29, 0.717) is 31.5 Å². The summed E-state index contributed by atoms with van der Waals surface area (Å²) in [6, 6.07) is 9.94. The molecule has 0 amide bonds. The fourth-order valence-electron chi connectivity index (χ4n) is 2.44. The topological polar surface area (TPSA) is 91.9 Å². The van der Waals surface area contributed by atoms with Gasteiger partial charge in [0.25, 0.3) is 0 Å². The zero-order chi connectivity index (χ0) is 19.6. The summed E-state index contributed by atoms with van der Waals surface area (Å²) in [7, 11) is 0. The molecule has 0 fully saturated rings. The van der Waals surface area contributed by atoms with Gasteiger partial charge in [0.1, 0.15) is 12.3 Å². The molecule has 148 valence electrons. The summed E-state index contributed by atoms with van der Waals surface area (Å²) in [4.78, 5) is 8.76. The van der Waals surface area contributed by atoms with Crippen LogP contribution in [0.25, 0.3) is 0 Å². The van der Waals surface area contributed by atoms with Crippen LogP contribution in [-0.4, -0.2) is 41.9 Å². The number of oxazole rings is 1. The molecule has 7 heteroatoms. The summed E-state index contributed by atoms with van der Waals surface area (Å²) in [5, 5.41) is 16.4. The summed E-state index contributed by atoms with van der Waals surface area (Å²) in [6.45, 7) is 9.36. The van der Waals surface area contributed by atoms with Crippen molar-refractivity contribution in [1.82, 2.24) is 15.6 Å². The lowest BCUT2D eigenvalue weighted by molar-refractivity contribution is -0.000600. The van der Waals surface area contributed by atoms with E-state index in [-0.39, 0.29) is 12.7 Å². The van der Waals surface area contributed by atoms with Gasteiger partial charge in [-0.15, -0.1) is 0 Å². The number of nitrogens with one attached hydrogen (secondary N) is 2. The third-order valence-electron chi connectivity index (χ3n) is 4.10. The van der Waals surface area contributed by atoms with Crippen molar-refractivity contribution in [2.45, 2.75) is 46.4 Å². The third-order valence-corrected chi connectivity index (χ3v) is 4.10. The lowest BCUT2D eigenvalue weighted by atomic mass is 10.1.